The number of benzene rings is 3. The van der Waals surface area contributed by atoms with Crippen molar-refractivity contribution in [3.63, 3.8) is 0 Å². The lowest BCUT2D eigenvalue weighted by molar-refractivity contribution is 0.203. The van der Waals surface area contributed by atoms with Gasteiger partial charge in [-0.1, -0.05) is 47.1 Å². The summed E-state index contributed by atoms with van der Waals surface area (Å²) in [6.45, 7) is 6.78. The molecule has 4 aromatic rings. The van der Waals surface area contributed by atoms with E-state index in [9.17, 15) is 9.18 Å². The number of halogens is 1. The summed E-state index contributed by atoms with van der Waals surface area (Å²) in [5.74, 6) is 1.02. The zero-order valence-corrected chi connectivity index (χ0v) is 20.9. The van der Waals surface area contributed by atoms with Crippen LogP contribution in [-0.4, -0.2) is 27.7 Å². The Morgan fingerprint density at radius 1 is 1.05 bits per heavy atom. The number of ether oxygens (including phenoxy) is 1. The molecule has 7 nitrogen and oxygen atoms in total. The molecule has 188 valence electrons. The minimum atomic E-state index is -0.515. The Kier molecular flexibility index (Phi) is 6.72. The van der Waals surface area contributed by atoms with E-state index in [1.807, 2.05) is 63.2 Å². The van der Waals surface area contributed by atoms with Crippen LogP contribution in [0.15, 0.2) is 83.0 Å². The Labute approximate surface area is 214 Å². The van der Waals surface area contributed by atoms with Crippen LogP contribution in [0.5, 0.6) is 5.75 Å². The zero-order valence-electron chi connectivity index (χ0n) is 20.9. The maximum absolute atomic E-state index is 13.4. The fourth-order valence-electron chi connectivity index (χ4n) is 4.46. The van der Waals surface area contributed by atoms with Crippen molar-refractivity contribution < 1.29 is 18.4 Å². The number of hydrogen-bond donors (Lipinski definition) is 1. The molecule has 1 aliphatic rings. The summed E-state index contributed by atoms with van der Waals surface area (Å²) in [5.41, 5.74) is 5.00. The second-order valence-corrected chi connectivity index (χ2v) is 8.89. The first-order valence-electron chi connectivity index (χ1n) is 12.1. The van der Waals surface area contributed by atoms with Crippen LogP contribution in [0.25, 0.3) is 17.0 Å². The van der Waals surface area contributed by atoms with E-state index in [0.29, 0.717) is 35.8 Å². The minimum absolute atomic E-state index is 0.222. The normalized spacial score (nSPS) is 15.6. The van der Waals surface area contributed by atoms with Gasteiger partial charge in [-0.2, -0.15) is 4.98 Å². The number of amides is 2. The van der Waals surface area contributed by atoms with Gasteiger partial charge in [0.15, 0.2) is 0 Å². The first kappa shape index (κ1) is 24.2. The first-order valence-corrected chi connectivity index (χ1v) is 12.1. The number of nitrogens with zero attached hydrogens (tertiary/aromatic N) is 3. The van der Waals surface area contributed by atoms with Crippen molar-refractivity contribution in [1.29, 1.82) is 0 Å². The lowest BCUT2D eigenvalue weighted by atomic mass is 9.94. The average molecular weight is 499 g/mol. The molecule has 1 unspecified atom stereocenters. The number of hydrogen-bond acceptors (Lipinski definition) is 5. The van der Waals surface area contributed by atoms with Crippen LogP contribution in [0.4, 0.5) is 9.18 Å². The highest BCUT2D eigenvalue weighted by Crippen LogP contribution is 2.38. The predicted molar refractivity (Wildman–Crippen MR) is 138 cm³/mol. The molecule has 0 saturated carbocycles. The van der Waals surface area contributed by atoms with Gasteiger partial charge in [0, 0.05) is 11.3 Å². The maximum atomic E-state index is 13.4. The molecule has 1 aliphatic heterocycles. The zero-order chi connectivity index (χ0) is 25.9. The molecule has 3 aromatic carbocycles. The summed E-state index contributed by atoms with van der Waals surface area (Å²) < 4.78 is 24.7. The average Bonchev–Trinajstić information content (AvgIpc) is 3.37. The molecule has 1 atom stereocenters. The number of aryl methyl sites for hydroxylation is 1. The Hall–Kier alpha value is -4.46. The Bertz CT molecular complexity index is 1440. The van der Waals surface area contributed by atoms with E-state index < -0.39 is 6.04 Å². The van der Waals surface area contributed by atoms with Crippen molar-refractivity contribution in [2.24, 2.45) is 0 Å². The van der Waals surface area contributed by atoms with Crippen LogP contribution in [0, 0.1) is 12.7 Å². The van der Waals surface area contributed by atoms with Gasteiger partial charge < -0.3 is 14.6 Å². The molecule has 1 N–H and O–H groups in total. The Morgan fingerprint density at radius 3 is 2.51 bits per heavy atom. The molecular formula is C29H27FN4O3. The Balaban J connectivity index is 1.57. The van der Waals surface area contributed by atoms with Crippen LogP contribution in [0.3, 0.4) is 0 Å². The summed E-state index contributed by atoms with van der Waals surface area (Å²) in [4.78, 5) is 19.6. The highest BCUT2D eigenvalue weighted by molar-refractivity contribution is 5.87. The van der Waals surface area contributed by atoms with Gasteiger partial charge in [-0.3, -0.25) is 4.90 Å². The molecule has 5 rings (SSSR count). The molecule has 2 amide bonds. The number of aromatic nitrogens is 2. The van der Waals surface area contributed by atoms with Gasteiger partial charge in [-0.25, -0.2) is 9.18 Å². The summed E-state index contributed by atoms with van der Waals surface area (Å²) in [6.07, 6.45) is 0. The highest BCUT2D eigenvalue weighted by atomic mass is 19.1. The minimum Gasteiger partial charge on any atom is -0.494 e. The molecule has 0 aliphatic carbocycles. The molecule has 0 bridgehead atoms. The van der Waals surface area contributed by atoms with E-state index in [-0.39, 0.29) is 17.7 Å². The number of urea groups is 1. The second-order valence-electron chi connectivity index (χ2n) is 8.89. The van der Waals surface area contributed by atoms with E-state index in [0.717, 1.165) is 22.4 Å². The van der Waals surface area contributed by atoms with Crippen molar-refractivity contribution in [1.82, 2.24) is 20.4 Å². The van der Waals surface area contributed by atoms with E-state index in [1.165, 1.54) is 12.1 Å². The highest BCUT2D eigenvalue weighted by Gasteiger charge is 2.35. The molecule has 0 saturated heterocycles. The van der Waals surface area contributed by atoms with Gasteiger partial charge in [-0.05, 0) is 68.3 Å². The van der Waals surface area contributed by atoms with Gasteiger partial charge >= 0.3 is 6.03 Å². The fourth-order valence-corrected chi connectivity index (χ4v) is 4.46. The van der Waals surface area contributed by atoms with Gasteiger partial charge in [0.1, 0.15) is 11.6 Å². The topological polar surface area (TPSA) is 80.5 Å². The van der Waals surface area contributed by atoms with Gasteiger partial charge in [0.2, 0.25) is 5.82 Å². The van der Waals surface area contributed by atoms with Crippen LogP contribution >= 0.6 is 0 Å². The van der Waals surface area contributed by atoms with E-state index in [1.54, 1.807) is 17.0 Å². The molecule has 8 heteroatoms. The van der Waals surface area contributed by atoms with E-state index >= 15 is 0 Å². The summed E-state index contributed by atoms with van der Waals surface area (Å²) >= 11 is 0. The lowest BCUT2D eigenvalue weighted by Gasteiger charge is -2.35. The van der Waals surface area contributed by atoms with Crippen LogP contribution in [0.2, 0.25) is 0 Å². The maximum Gasteiger partial charge on any atom is 0.322 e. The van der Waals surface area contributed by atoms with Crippen LogP contribution in [0.1, 0.15) is 42.5 Å². The monoisotopic (exact) mass is 498 g/mol. The van der Waals surface area contributed by atoms with E-state index in [4.69, 9.17) is 9.26 Å². The number of carbonyl (C=O) groups is 1. The van der Waals surface area contributed by atoms with Crippen molar-refractivity contribution in [3.8, 4) is 17.1 Å². The molecule has 1 aromatic heterocycles. The summed E-state index contributed by atoms with van der Waals surface area (Å²) in [5, 5.41) is 7.25. The first-order chi connectivity index (χ1) is 17.9. The molecular weight excluding hydrogens is 471 g/mol. The number of rotatable bonds is 7. The van der Waals surface area contributed by atoms with Crippen LogP contribution in [-0.2, 0) is 6.54 Å². The largest absolute Gasteiger partial charge is 0.494 e. The van der Waals surface area contributed by atoms with Crippen LogP contribution < -0.4 is 10.1 Å². The molecule has 2 heterocycles. The standard InChI is InChI=1S/C29H27FN4O3/c1-4-36-24-14-10-21(11-15-24)26-25(28-32-27(33-37-28)22-8-12-23(30)13-9-22)19(3)34(29(35)31-26)17-20-7-5-6-18(2)16-20/h5-16,26H,4,17H2,1-3H3,(H,31,35). The van der Waals surface area contributed by atoms with Gasteiger partial charge in [0.25, 0.3) is 5.89 Å². The quantitative estimate of drug-likeness (QED) is 0.324. The van der Waals surface area contributed by atoms with Gasteiger partial charge in [-0.15, -0.1) is 0 Å². The molecule has 0 radical (unpaired) electrons. The number of allylic oxidation sites excluding steroid dienone is 1. The van der Waals surface area contributed by atoms with Crippen molar-refractivity contribution in [2.75, 3.05) is 6.61 Å². The predicted octanol–water partition coefficient (Wildman–Crippen LogP) is 6.28. The third kappa shape index (κ3) is 5.09. The summed E-state index contributed by atoms with van der Waals surface area (Å²) in [6, 6.07) is 20.8. The third-order valence-electron chi connectivity index (χ3n) is 6.30. The smallest absolute Gasteiger partial charge is 0.322 e. The molecule has 0 spiro atoms. The number of nitrogens with one attached hydrogen (secondary N) is 1. The summed E-state index contributed by atoms with van der Waals surface area (Å²) in [7, 11) is 0. The SMILES string of the molecule is CCOc1ccc(C2NC(=O)N(Cc3cccc(C)c3)C(C)=C2c2nc(-c3ccc(F)cc3)no2)cc1. The second kappa shape index (κ2) is 10.3. The third-order valence-corrected chi connectivity index (χ3v) is 6.30. The van der Waals surface area contributed by atoms with Crippen molar-refractivity contribution >= 4 is 11.6 Å². The molecule has 0 fully saturated rings. The fraction of sp³-hybridized carbons (Fsp3) is 0.207. The van der Waals surface area contributed by atoms with Gasteiger partial charge in [0.05, 0.1) is 24.8 Å². The Morgan fingerprint density at radius 2 is 1.81 bits per heavy atom. The molecule has 37 heavy (non-hydrogen) atoms. The van der Waals surface area contributed by atoms with E-state index in [2.05, 4.69) is 21.5 Å². The lowest BCUT2D eigenvalue weighted by Crippen LogP contribution is -2.45. The number of carbonyl (C=O) groups excluding carboxylic acids is 1. The van der Waals surface area contributed by atoms with Crippen molar-refractivity contribution in [2.45, 2.75) is 33.4 Å². The van der Waals surface area contributed by atoms with Crippen molar-refractivity contribution in [3.05, 3.63) is 107 Å².